The fourth-order valence-electron chi connectivity index (χ4n) is 1.71. The van der Waals surface area contributed by atoms with Crippen molar-refractivity contribution in [3.63, 3.8) is 0 Å². The second-order valence-electron chi connectivity index (χ2n) is 4.53. The van der Waals surface area contributed by atoms with Crippen molar-refractivity contribution in [3.8, 4) is 0 Å². The van der Waals surface area contributed by atoms with Gasteiger partial charge in [0.1, 0.15) is 5.76 Å². The van der Waals surface area contributed by atoms with Gasteiger partial charge in [0.2, 0.25) is 0 Å². The SMILES string of the molecule is Cc1ccc(C)c(NC(=O)C(=S)NCc2ccco2)c1. The molecule has 1 aromatic heterocycles. The quantitative estimate of drug-likeness (QED) is 0.853. The van der Waals surface area contributed by atoms with Crippen LogP contribution in [0, 0.1) is 13.8 Å². The number of hydrogen-bond donors (Lipinski definition) is 2. The molecule has 0 atom stereocenters. The molecule has 0 bridgehead atoms. The van der Waals surface area contributed by atoms with E-state index in [1.54, 1.807) is 12.3 Å². The van der Waals surface area contributed by atoms with E-state index in [0.29, 0.717) is 6.54 Å². The zero-order chi connectivity index (χ0) is 14.5. The van der Waals surface area contributed by atoms with Gasteiger partial charge >= 0.3 is 0 Å². The van der Waals surface area contributed by atoms with E-state index in [9.17, 15) is 4.79 Å². The van der Waals surface area contributed by atoms with Gasteiger partial charge in [0.15, 0.2) is 4.99 Å². The summed E-state index contributed by atoms with van der Waals surface area (Å²) in [6.45, 7) is 4.31. The van der Waals surface area contributed by atoms with E-state index in [1.165, 1.54) is 0 Å². The van der Waals surface area contributed by atoms with Crippen LogP contribution in [-0.2, 0) is 11.3 Å². The summed E-state index contributed by atoms with van der Waals surface area (Å²) in [6, 6.07) is 9.49. The molecule has 5 heteroatoms. The van der Waals surface area contributed by atoms with Crippen molar-refractivity contribution in [2.45, 2.75) is 20.4 Å². The van der Waals surface area contributed by atoms with Gasteiger partial charge in [0.25, 0.3) is 5.91 Å². The van der Waals surface area contributed by atoms with Crippen LogP contribution in [0.4, 0.5) is 5.69 Å². The van der Waals surface area contributed by atoms with Crippen molar-refractivity contribution in [3.05, 3.63) is 53.5 Å². The number of thiocarbonyl (C=S) groups is 1. The third-order valence-electron chi connectivity index (χ3n) is 2.85. The first kappa shape index (κ1) is 14.3. The molecule has 1 amide bonds. The van der Waals surface area contributed by atoms with E-state index in [4.69, 9.17) is 16.6 Å². The molecule has 0 spiro atoms. The molecular weight excluding hydrogens is 272 g/mol. The lowest BCUT2D eigenvalue weighted by molar-refractivity contribution is -0.110. The molecule has 1 heterocycles. The number of hydrogen-bond acceptors (Lipinski definition) is 3. The number of rotatable bonds is 3. The summed E-state index contributed by atoms with van der Waals surface area (Å²) in [7, 11) is 0. The molecule has 0 aliphatic rings. The number of nitrogens with one attached hydrogen (secondary N) is 2. The first-order valence-electron chi connectivity index (χ1n) is 6.25. The van der Waals surface area contributed by atoms with Crippen LogP contribution in [-0.4, -0.2) is 10.9 Å². The van der Waals surface area contributed by atoms with Gasteiger partial charge in [-0.25, -0.2) is 0 Å². The average Bonchev–Trinajstić information content (AvgIpc) is 2.93. The van der Waals surface area contributed by atoms with Crippen LogP contribution in [0.15, 0.2) is 41.0 Å². The van der Waals surface area contributed by atoms with Crippen molar-refractivity contribution in [2.24, 2.45) is 0 Å². The zero-order valence-electron chi connectivity index (χ0n) is 11.4. The summed E-state index contributed by atoms with van der Waals surface area (Å²) in [5.41, 5.74) is 2.86. The number of carbonyl (C=O) groups excluding carboxylic acids is 1. The topological polar surface area (TPSA) is 54.3 Å². The molecule has 4 nitrogen and oxygen atoms in total. The molecule has 1 aromatic carbocycles. The van der Waals surface area contributed by atoms with Crippen molar-refractivity contribution in [1.82, 2.24) is 5.32 Å². The Bertz CT molecular complexity index is 621. The molecule has 0 aliphatic heterocycles. The third-order valence-corrected chi connectivity index (χ3v) is 3.18. The Hall–Kier alpha value is -2.14. The normalized spacial score (nSPS) is 10.1. The summed E-state index contributed by atoms with van der Waals surface area (Å²) in [5, 5.41) is 5.67. The maximum atomic E-state index is 12.0. The lowest BCUT2D eigenvalue weighted by Gasteiger charge is -2.10. The molecule has 0 radical (unpaired) electrons. The summed E-state index contributed by atoms with van der Waals surface area (Å²) < 4.78 is 5.16. The van der Waals surface area contributed by atoms with Crippen LogP contribution in [0.5, 0.6) is 0 Å². The van der Waals surface area contributed by atoms with E-state index in [2.05, 4.69) is 10.6 Å². The van der Waals surface area contributed by atoms with Gasteiger partial charge in [0, 0.05) is 5.69 Å². The largest absolute Gasteiger partial charge is 0.467 e. The first-order valence-corrected chi connectivity index (χ1v) is 6.66. The predicted molar refractivity (Wildman–Crippen MR) is 82.7 cm³/mol. The van der Waals surface area contributed by atoms with Crippen LogP contribution in [0.1, 0.15) is 16.9 Å². The van der Waals surface area contributed by atoms with Crippen molar-refractivity contribution >= 4 is 28.8 Å². The van der Waals surface area contributed by atoms with E-state index in [1.807, 2.05) is 38.1 Å². The maximum Gasteiger partial charge on any atom is 0.283 e. The van der Waals surface area contributed by atoms with E-state index in [0.717, 1.165) is 22.6 Å². The number of benzene rings is 1. The Kier molecular flexibility index (Phi) is 4.53. The number of aryl methyl sites for hydroxylation is 2. The monoisotopic (exact) mass is 288 g/mol. The molecular formula is C15H16N2O2S. The highest BCUT2D eigenvalue weighted by molar-refractivity contribution is 7.82. The van der Waals surface area contributed by atoms with Crippen LogP contribution in [0.2, 0.25) is 0 Å². The minimum absolute atomic E-state index is 0.141. The molecule has 0 aliphatic carbocycles. The maximum absolute atomic E-state index is 12.0. The van der Waals surface area contributed by atoms with Gasteiger partial charge in [-0.05, 0) is 43.2 Å². The van der Waals surface area contributed by atoms with E-state index >= 15 is 0 Å². The standard InChI is InChI=1S/C15H16N2O2S/c1-10-5-6-11(2)13(8-10)17-14(18)15(20)16-9-12-4-3-7-19-12/h3-8H,9H2,1-2H3,(H,16,20)(H,17,18). The predicted octanol–water partition coefficient (Wildman–Crippen LogP) is 2.95. The molecule has 2 N–H and O–H groups in total. The van der Waals surface area contributed by atoms with Gasteiger partial charge in [-0.15, -0.1) is 0 Å². The van der Waals surface area contributed by atoms with E-state index < -0.39 is 0 Å². The number of furan rings is 1. The molecule has 2 rings (SSSR count). The summed E-state index contributed by atoms with van der Waals surface area (Å²) in [4.78, 5) is 12.1. The first-order chi connectivity index (χ1) is 9.56. The van der Waals surface area contributed by atoms with Crippen molar-refractivity contribution < 1.29 is 9.21 Å². The van der Waals surface area contributed by atoms with Gasteiger partial charge in [0.05, 0.1) is 12.8 Å². The average molecular weight is 288 g/mol. The Morgan fingerprint density at radius 1 is 1.30 bits per heavy atom. The number of anilines is 1. The smallest absolute Gasteiger partial charge is 0.283 e. The van der Waals surface area contributed by atoms with Crippen LogP contribution in [0.3, 0.4) is 0 Å². The van der Waals surface area contributed by atoms with Crippen molar-refractivity contribution in [1.29, 1.82) is 0 Å². The molecule has 0 saturated heterocycles. The Morgan fingerprint density at radius 2 is 2.10 bits per heavy atom. The minimum Gasteiger partial charge on any atom is -0.467 e. The van der Waals surface area contributed by atoms with Crippen LogP contribution < -0.4 is 10.6 Å². The summed E-state index contributed by atoms with van der Waals surface area (Å²) >= 11 is 5.06. The lowest BCUT2D eigenvalue weighted by atomic mass is 10.1. The molecule has 0 fully saturated rings. The van der Waals surface area contributed by atoms with Crippen LogP contribution >= 0.6 is 12.2 Å². The van der Waals surface area contributed by atoms with Gasteiger partial charge in [-0.1, -0.05) is 24.4 Å². The Balaban J connectivity index is 1.93. The van der Waals surface area contributed by atoms with Crippen LogP contribution in [0.25, 0.3) is 0 Å². The second kappa shape index (κ2) is 6.34. The van der Waals surface area contributed by atoms with Gasteiger partial charge in [-0.3, -0.25) is 4.79 Å². The minimum atomic E-state index is -0.319. The number of carbonyl (C=O) groups is 1. The lowest BCUT2D eigenvalue weighted by Crippen LogP contribution is -2.33. The molecule has 20 heavy (non-hydrogen) atoms. The second-order valence-corrected chi connectivity index (χ2v) is 4.94. The summed E-state index contributed by atoms with van der Waals surface area (Å²) in [6.07, 6.45) is 1.58. The fourth-order valence-corrected chi connectivity index (χ4v) is 1.83. The highest BCUT2D eigenvalue weighted by atomic mass is 32.1. The highest BCUT2D eigenvalue weighted by Crippen LogP contribution is 2.16. The third kappa shape index (κ3) is 3.68. The Labute approximate surface area is 123 Å². The van der Waals surface area contributed by atoms with Gasteiger partial charge < -0.3 is 15.1 Å². The summed E-state index contributed by atoms with van der Waals surface area (Å²) in [5.74, 6) is 0.409. The van der Waals surface area contributed by atoms with E-state index in [-0.39, 0.29) is 10.9 Å². The fraction of sp³-hybridized carbons (Fsp3) is 0.200. The zero-order valence-corrected chi connectivity index (χ0v) is 12.2. The highest BCUT2D eigenvalue weighted by Gasteiger charge is 2.11. The molecule has 0 unspecified atom stereocenters. The molecule has 0 saturated carbocycles. The van der Waals surface area contributed by atoms with Crippen molar-refractivity contribution in [2.75, 3.05) is 5.32 Å². The molecule has 104 valence electrons. The van der Waals surface area contributed by atoms with Gasteiger partial charge in [-0.2, -0.15) is 0 Å². The number of amides is 1. The molecule has 2 aromatic rings. The Morgan fingerprint density at radius 3 is 2.80 bits per heavy atom.